The number of aliphatic carboxylic acids is 1. The first kappa shape index (κ1) is 13.5. The molecule has 1 unspecified atom stereocenters. The molecular formula is C10H18N2O3. The summed E-state index contributed by atoms with van der Waals surface area (Å²) in [7, 11) is 0. The van der Waals surface area contributed by atoms with Crippen molar-refractivity contribution in [2.75, 3.05) is 13.1 Å². The molecule has 0 rings (SSSR count). The number of likely N-dealkylation sites (N-methyl/N-ethyl adjacent to an activating group) is 1. The monoisotopic (exact) mass is 214 g/mol. The molecule has 5 heteroatoms. The maximum atomic E-state index is 11.5. The van der Waals surface area contributed by atoms with E-state index in [2.05, 4.69) is 11.9 Å². The van der Waals surface area contributed by atoms with Crippen LogP contribution >= 0.6 is 0 Å². The van der Waals surface area contributed by atoms with Crippen LogP contribution in [0.1, 0.15) is 20.3 Å². The van der Waals surface area contributed by atoms with Gasteiger partial charge in [-0.1, -0.05) is 6.08 Å². The lowest BCUT2D eigenvalue weighted by atomic mass is 10.2. The summed E-state index contributed by atoms with van der Waals surface area (Å²) in [6.45, 7) is 8.08. The average Bonchev–Trinajstić information content (AvgIpc) is 2.12. The van der Waals surface area contributed by atoms with Crippen molar-refractivity contribution >= 4 is 12.0 Å². The Labute approximate surface area is 89.8 Å². The predicted octanol–water partition coefficient (Wildman–Crippen LogP) is 1.07. The van der Waals surface area contributed by atoms with Crippen molar-refractivity contribution in [2.24, 2.45) is 0 Å². The van der Waals surface area contributed by atoms with Crippen molar-refractivity contribution in [2.45, 2.75) is 26.3 Å². The van der Waals surface area contributed by atoms with Crippen LogP contribution in [0, 0.1) is 0 Å². The minimum Gasteiger partial charge on any atom is -0.481 e. The number of nitrogens with zero attached hydrogens (tertiary/aromatic N) is 1. The number of carboxylic acids is 1. The van der Waals surface area contributed by atoms with Crippen LogP contribution < -0.4 is 5.32 Å². The fourth-order valence-corrected chi connectivity index (χ4v) is 1.13. The molecule has 0 aromatic carbocycles. The van der Waals surface area contributed by atoms with Gasteiger partial charge in [-0.3, -0.25) is 4.79 Å². The second kappa shape index (κ2) is 6.86. The number of nitrogens with one attached hydrogen (secondary N) is 1. The third kappa shape index (κ3) is 5.72. The molecule has 0 aromatic heterocycles. The fraction of sp³-hybridized carbons (Fsp3) is 0.600. The van der Waals surface area contributed by atoms with E-state index in [-0.39, 0.29) is 18.5 Å². The van der Waals surface area contributed by atoms with E-state index in [1.165, 1.54) is 0 Å². The Morgan fingerprint density at radius 3 is 2.60 bits per heavy atom. The molecule has 15 heavy (non-hydrogen) atoms. The minimum absolute atomic E-state index is 0.0720. The highest BCUT2D eigenvalue weighted by Gasteiger charge is 2.14. The fourth-order valence-electron chi connectivity index (χ4n) is 1.13. The van der Waals surface area contributed by atoms with Gasteiger partial charge in [0.2, 0.25) is 0 Å². The minimum atomic E-state index is -0.922. The Morgan fingerprint density at radius 2 is 2.20 bits per heavy atom. The molecule has 2 amide bonds. The van der Waals surface area contributed by atoms with E-state index in [9.17, 15) is 9.59 Å². The lowest BCUT2D eigenvalue weighted by Crippen LogP contribution is -2.44. The normalized spacial score (nSPS) is 11.6. The number of rotatable bonds is 6. The van der Waals surface area contributed by atoms with Crippen molar-refractivity contribution in [1.82, 2.24) is 10.2 Å². The number of carbonyl (C=O) groups is 2. The summed E-state index contributed by atoms with van der Waals surface area (Å²) in [5.74, 6) is -0.922. The van der Waals surface area contributed by atoms with Crippen molar-refractivity contribution < 1.29 is 14.7 Å². The molecule has 0 aromatic rings. The number of hydrogen-bond donors (Lipinski definition) is 2. The quantitative estimate of drug-likeness (QED) is 0.650. The average molecular weight is 214 g/mol. The first-order valence-electron chi connectivity index (χ1n) is 4.89. The van der Waals surface area contributed by atoms with Gasteiger partial charge in [-0.15, -0.1) is 6.58 Å². The molecule has 2 N–H and O–H groups in total. The van der Waals surface area contributed by atoms with E-state index in [0.29, 0.717) is 13.1 Å². The molecular weight excluding hydrogens is 196 g/mol. The van der Waals surface area contributed by atoms with E-state index in [1.54, 1.807) is 17.9 Å². The first-order chi connectivity index (χ1) is 7.01. The molecule has 1 atom stereocenters. The maximum absolute atomic E-state index is 11.5. The van der Waals surface area contributed by atoms with Crippen LogP contribution in [-0.2, 0) is 4.79 Å². The van der Waals surface area contributed by atoms with Crippen molar-refractivity contribution in [1.29, 1.82) is 0 Å². The van der Waals surface area contributed by atoms with Gasteiger partial charge < -0.3 is 15.3 Å². The molecule has 0 aliphatic carbocycles. The Morgan fingerprint density at radius 1 is 1.60 bits per heavy atom. The molecule has 0 bridgehead atoms. The van der Waals surface area contributed by atoms with Gasteiger partial charge >= 0.3 is 12.0 Å². The zero-order valence-corrected chi connectivity index (χ0v) is 9.19. The maximum Gasteiger partial charge on any atom is 0.317 e. The second-order valence-electron chi connectivity index (χ2n) is 3.28. The highest BCUT2D eigenvalue weighted by Crippen LogP contribution is 1.95. The summed E-state index contributed by atoms with van der Waals surface area (Å²) in [4.78, 5) is 23.5. The lowest BCUT2D eigenvalue weighted by Gasteiger charge is -2.21. The third-order valence-electron chi connectivity index (χ3n) is 1.87. The summed E-state index contributed by atoms with van der Waals surface area (Å²) in [6.07, 6.45) is 1.56. The summed E-state index contributed by atoms with van der Waals surface area (Å²) >= 11 is 0. The molecule has 0 radical (unpaired) electrons. The molecule has 0 saturated carbocycles. The van der Waals surface area contributed by atoms with E-state index < -0.39 is 5.97 Å². The third-order valence-corrected chi connectivity index (χ3v) is 1.87. The van der Waals surface area contributed by atoms with Crippen LogP contribution in [0.4, 0.5) is 4.79 Å². The Balaban J connectivity index is 4.08. The van der Waals surface area contributed by atoms with Gasteiger partial charge in [-0.2, -0.15) is 0 Å². The second-order valence-corrected chi connectivity index (χ2v) is 3.28. The van der Waals surface area contributed by atoms with Gasteiger partial charge in [0.05, 0.1) is 6.42 Å². The van der Waals surface area contributed by atoms with Gasteiger partial charge in [-0.05, 0) is 13.8 Å². The number of carboxylic acid groups (broad SMARTS) is 1. The molecule has 0 aliphatic heterocycles. The number of carbonyl (C=O) groups excluding carboxylic acids is 1. The molecule has 0 aliphatic rings. The molecule has 0 saturated heterocycles. The standard InChI is InChI=1S/C10H18N2O3/c1-4-6-12(5-2)10(15)11-8(3)7-9(13)14/h4,8H,1,5-7H2,2-3H3,(H,11,15)(H,13,14). The Kier molecular flexibility index (Phi) is 6.17. The predicted molar refractivity (Wildman–Crippen MR) is 57.7 cm³/mol. The topological polar surface area (TPSA) is 69.6 Å². The smallest absolute Gasteiger partial charge is 0.317 e. The molecule has 0 heterocycles. The van der Waals surface area contributed by atoms with Gasteiger partial charge in [0.15, 0.2) is 0 Å². The molecule has 0 spiro atoms. The Hall–Kier alpha value is -1.52. The van der Waals surface area contributed by atoms with Gasteiger partial charge in [0.25, 0.3) is 0 Å². The van der Waals surface area contributed by atoms with Crippen LogP contribution in [0.5, 0.6) is 0 Å². The van der Waals surface area contributed by atoms with E-state index in [0.717, 1.165) is 0 Å². The zero-order chi connectivity index (χ0) is 11.8. The summed E-state index contributed by atoms with van der Waals surface area (Å²) < 4.78 is 0. The molecule has 5 nitrogen and oxygen atoms in total. The summed E-state index contributed by atoms with van der Waals surface area (Å²) in [5.41, 5.74) is 0. The van der Waals surface area contributed by atoms with E-state index in [4.69, 9.17) is 5.11 Å². The van der Waals surface area contributed by atoms with Gasteiger partial charge in [-0.25, -0.2) is 4.79 Å². The number of hydrogen-bond acceptors (Lipinski definition) is 2. The highest BCUT2D eigenvalue weighted by molar-refractivity contribution is 5.76. The number of urea groups is 1. The zero-order valence-electron chi connectivity index (χ0n) is 9.19. The summed E-state index contributed by atoms with van der Waals surface area (Å²) in [5, 5.41) is 11.1. The molecule has 86 valence electrons. The Bertz CT molecular complexity index is 241. The van der Waals surface area contributed by atoms with Crippen LogP contribution in [0.3, 0.4) is 0 Å². The largest absolute Gasteiger partial charge is 0.481 e. The van der Waals surface area contributed by atoms with E-state index in [1.807, 2.05) is 6.92 Å². The SMILES string of the molecule is C=CCN(CC)C(=O)NC(C)CC(=O)O. The first-order valence-corrected chi connectivity index (χ1v) is 4.89. The van der Waals surface area contributed by atoms with Crippen LogP contribution in [0.15, 0.2) is 12.7 Å². The number of amides is 2. The van der Waals surface area contributed by atoms with Gasteiger partial charge in [0.1, 0.15) is 0 Å². The van der Waals surface area contributed by atoms with Crippen molar-refractivity contribution in [3.63, 3.8) is 0 Å². The highest BCUT2D eigenvalue weighted by atomic mass is 16.4. The van der Waals surface area contributed by atoms with Gasteiger partial charge in [0, 0.05) is 19.1 Å². The van der Waals surface area contributed by atoms with Crippen molar-refractivity contribution in [3.8, 4) is 0 Å². The van der Waals surface area contributed by atoms with Crippen molar-refractivity contribution in [3.05, 3.63) is 12.7 Å². The van der Waals surface area contributed by atoms with Crippen LogP contribution in [-0.4, -0.2) is 41.1 Å². The molecule has 0 fully saturated rings. The van der Waals surface area contributed by atoms with E-state index >= 15 is 0 Å². The summed E-state index contributed by atoms with van der Waals surface area (Å²) in [6, 6.07) is -0.625. The van der Waals surface area contributed by atoms with Crippen LogP contribution in [0.25, 0.3) is 0 Å². The lowest BCUT2D eigenvalue weighted by molar-refractivity contribution is -0.137. The van der Waals surface area contributed by atoms with Crippen LogP contribution in [0.2, 0.25) is 0 Å².